The van der Waals surface area contributed by atoms with E-state index in [1.165, 1.54) is 42.8 Å². The summed E-state index contributed by atoms with van der Waals surface area (Å²) in [6.45, 7) is 5.16. The van der Waals surface area contributed by atoms with Crippen LogP contribution in [0, 0.1) is 6.92 Å². The van der Waals surface area contributed by atoms with Gasteiger partial charge in [-0.2, -0.15) is 13.2 Å². The molecule has 7 nitrogen and oxygen atoms in total. The van der Waals surface area contributed by atoms with Gasteiger partial charge in [0.15, 0.2) is 0 Å². The Balaban J connectivity index is 1.73. The summed E-state index contributed by atoms with van der Waals surface area (Å²) in [5.74, 6) is -2.21. The summed E-state index contributed by atoms with van der Waals surface area (Å²) in [7, 11) is 0. The predicted molar refractivity (Wildman–Crippen MR) is 119 cm³/mol. The number of alkyl halides is 3. The smallest absolute Gasteiger partial charge is 0.431 e. The first-order chi connectivity index (χ1) is 15.8. The molecule has 11 heteroatoms. The van der Waals surface area contributed by atoms with Crippen molar-refractivity contribution in [3.8, 4) is 0 Å². The fourth-order valence-electron chi connectivity index (χ4n) is 2.86. The largest absolute Gasteiger partial charge is 0.480 e. The number of aryl methyl sites for hydroxylation is 1. The SMILES string of the molecule is Cc1ccc(Cn2cc(C(OC(=O)c3ccc(SC(C)(C)C(=O)O)cc3)C(F)(F)F)nn2)cc1. The number of esters is 1. The fraction of sp³-hybridized carbons (Fsp3) is 0.304. The number of aliphatic carboxylic acids is 1. The first-order valence-corrected chi connectivity index (χ1v) is 10.9. The third-order valence-electron chi connectivity index (χ3n) is 4.79. The van der Waals surface area contributed by atoms with E-state index in [2.05, 4.69) is 10.3 Å². The van der Waals surface area contributed by atoms with Crippen molar-refractivity contribution in [3.63, 3.8) is 0 Å². The van der Waals surface area contributed by atoms with Crippen LogP contribution in [-0.4, -0.2) is 43.0 Å². The number of aromatic nitrogens is 3. The van der Waals surface area contributed by atoms with Gasteiger partial charge in [-0.1, -0.05) is 35.0 Å². The van der Waals surface area contributed by atoms with Crippen LogP contribution in [0.4, 0.5) is 13.2 Å². The van der Waals surface area contributed by atoms with Gasteiger partial charge in [-0.05, 0) is 50.6 Å². The molecule has 0 spiro atoms. The molecule has 1 aromatic heterocycles. The molecular weight excluding hydrogens is 471 g/mol. The first-order valence-electron chi connectivity index (χ1n) is 10.1. The normalized spacial score (nSPS) is 12.9. The van der Waals surface area contributed by atoms with Gasteiger partial charge in [0.2, 0.25) is 6.10 Å². The first kappa shape index (κ1) is 25.3. The van der Waals surface area contributed by atoms with E-state index in [4.69, 9.17) is 4.74 Å². The van der Waals surface area contributed by atoms with Gasteiger partial charge in [0.05, 0.1) is 18.3 Å². The van der Waals surface area contributed by atoms with Crippen molar-refractivity contribution in [2.75, 3.05) is 0 Å². The number of rotatable bonds is 8. The average Bonchev–Trinajstić information content (AvgIpc) is 3.20. The summed E-state index contributed by atoms with van der Waals surface area (Å²) >= 11 is 1.04. The Bertz CT molecular complexity index is 1160. The molecule has 1 unspecified atom stereocenters. The van der Waals surface area contributed by atoms with Gasteiger partial charge >= 0.3 is 18.1 Å². The van der Waals surface area contributed by atoms with E-state index in [9.17, 15) is 27.9 Å². The van der Waals surface area contributed by atoms with Crippen LogP contribution in [0.3, 0.4) is 0 Å². The van der Waals surface area contributed by atoms with Crippen molar-refractivity contribution < 1.29 is 32.6 Å². The molecule has 3 aromatic rings. The van der Waals surface area contributed by atoms with E-state index in [1.54, 1.807) is 0 Å². The summed E-state index contributed by atoms with van der Waals surface area (Å²) in [4.78, 5) is 24.2. The molecule has 34 heavy (non-hydrogen) atoms. The molecule has 0 saturated heterocycles. The molecule has 0 bridgehead atoms. The number of benzene rings is 2. The second kappa shape index (κ2) is 9.88. The number of halogens is 3. The number of carbonyl (C=O) groups is 2. The van der Waals surface area contributed by atoms with Crippen molar-refractivity contribution in [3.05, 3.63) is 77.1 Å². The van der Waals surface area contributed by atoms with Crippen LogP contribution < -0.4 is 0 Å². The lowest BCUT2D eigenvalue weighted by Crippen LogP contribution is -2.27. The molecule has 0 fully saturated rings. The summed E-state index contributed by atoms with van der Waals surface area (Å²) < 4.78 is 45.9. The van der Waals surface area contributed by atoms with Crippen molar-refractivity contribution in [2.45, 2.75) is 49.2 Å². The zero-order valence-electron chi connectivity index (χ0n) is 18.5. The highest BCUT2D eigenvalue weighted by molar-refractivity contribution is 8.01. The number of nitrogens with zero attached hydrogens (tertiary/aromatic N) is 3. The lowest BCUT2D eigenvalue weighted by atomic mass is 10.1. The van der Waals surface area contributed by atoms with E-state index in [1.807, 2.05) is 31.2 Å². The molecule has 3 rings (SSSR count). The van der Waals surface area contributed by atoms with Gasteiger partial charge < -0.3 is 9.84 Å². The van der Waals surface area contributed by atoms with Crippen molar-refractivity contribution >= 4 is 23.7 Å². The maximum absolute atomic E-state index is 13.7. The Morgan fingerprint density at radius 2 is 1.71 bits per heavy atom. The molecule has 0 aliphatic heterocycles. The zero-order chi connectivity index (χ0) is 25.1. The van der Waals surface area contributed by atoms with E-state index < -0.39 is 34.7 Å². The molecule has 2 aromatic carbocycles. The number of hydrogen-bond acceptors (Lipinski definition) is 6. The van der Waals surface area contributed by atoms with E-state index in [0.29, 0.717) is 4.90 Å². The minimum Gasteiger partial charge on any atom is -0.480 e. The highest BCUT2D eigenvalue weighted by atomic mass is 32.2. The highest BCUT2D eigenvalue weighted by Gasteiger charge is 2.46. The molecule has 1 N–H and O–H groups in total. The fourth-order valence-corrected chi connectivity index (χ4v) is 3.81. The minimum atomic E-state index is -4.90. The van der Waals surface area contributed by atoms with Crippen LogP contribution in [-0.2, 0) is 16.1 Å². The minimum absolute atomic E-state index is 0.112. The van der Waals surface area contributed by atoms with Crippen LogP contribution in [0.1, 0.15) is 47.1 Å². The summed E-state index contributed by atoms with van der Waals surface area (Å²) in [6, 6.07) is 12.9. The van der Waals surface area contributed by atoms with Gasteiger partial charge in [-0.3, -0.25) is 4.79 Å². The number of carboxylic acids is 1. The number of thioether (sulfide) groups is 1. The third-order valence-corrected chi connectivity index (χ3v) is 5.98. The molecule has 0 aliphatic carbocycles. The van der Waals surface area contributed by atoms with Crippen molar-refractivity contribution in [2.24, 2.45) is 0 Å². The topological polar surface area (TPSA) is 94.3 Å². The lowest BCUT2D eigenvalue weighted by Gasteiger charge is -2.19. The van der Waals surface area contributed by atoms with Crippen LogP contribution >= 0.6 is 11.8 Å². The van der Waals surface area contributed by atoms with E-state index in [-0.39, 0.29) is 12.1 Å². The third kappa shape index (κ3) is 6.37. The summed E-state index contributed by atoms with van der Waals surface area (Å²) in [5.41, 5.74) is 1.22. The Kier molecular flexibility index (Phi) is 7.35. The monoisotopic (exact) mass is 493 g/mol. The van der Waals surface area contributed by atoms with Crippen LogP contribution in [0.5, 0.6) is 0 Å². The zero-order valence-corrected chi connectivity index (χ0v) is 19.4. The molecule has 180 valence electrons. The highest BCUT2D eigenvalue weighted by Crippen LogP contribution is 2.36. The standard InChI is InChI=1S/C23H22F3N3O4S/c1-14-4-6-15(7-5-14)12-29-13-18(27-28-29)19(23(24,25)26)33-20(30)16-8-10-17(11-9-16)34-22(2,3)21(31)32/h4-11,13,19H,12H2,1-3H3,(H,31,32). The van der Waals surface area contributed by atoms with E-state index in [0.717, 1.165) is 29.1 Å². The lowest BCUT2D eigenvalue weighted by molar-refractivity contribution is -0.208. The second-order valence-corrected chi connectivity index (χ2v) is 9.79. The van der Waals surface area contributed by atoms with Crippen LogP contribution in [0.2, 0.25) is 0 Å². The molecule has 1 heterocycles. The van der Waals surface area contributed by atoms with Crippen molar-refractivity contribution in [1.82, 2.24) is 15.0 Å². The Hall–Kier alpha value is -3.34. The molecule has 1 atom stereocenters. The van der Waals surface area contributed by atoms with Crippen LogP contribution in [0.25, 0.3) is 0 Å². The van der Waals surface area contributed by atoms with Gasteiger partial charge in [0, 0.05) is 4.90 Å². The molecular formula is C23H22F3N3O4S. The molecule has 0 amide bonds. The quantitative estimate of drug-likeness (QED) is 0.347. The van der Waals surface area contributed by atoms with E-state index >= 15 is 0 Å². The number of carbonyl (C=O) groups excluding carboxylic acids is 1. The van der Waals surface area contributed by atoms with Gasteiger partial charge in [0.1, 0.15) is 10.4 Å². The summed E-state index contributed by atoms with van der Waals surface area (Å²) in [5, 5.41) is 16.5. The van der Waals surface area contributed by atoms with Crippen LogP contribution in [0.15, 0.2) is 59.6 Å². The Morgan fingerprint density at radius 3 is 2.26 bits per heavy atom. The molecule has 0 radical (unpaired) electrons. The maximum Gasteiger partial charge on any atom is 0.431 e. The van der Waals surface area contributed by atoms with Gasteiger partial charge in [0.25, 0.3) is 0 Å². The maximum atomic E-state index is 13.7. The Morgan fingerprint density at radius 1 is 1.09 bits per heavy atom. The second-order valence-electron chi connectivity index (χ2n) is 8.10. The molecule has 0 saturated carbocycles. The molecule has 0 aliphatic rings. The Labute approximate surface area is 197 Å². The average molecular weight is 494 g/mol. The van der Waals surface area contributed by atoms with Crippen molar-refractivity contribution in [1.29, 1.82) is 0 Å². The van der Waals surface area contributed by atoms with Gasteiger partial charge in [-0.15, -0.1) is 16.9 Å². The van der Waals surface area contributed by atoms with Gasteiger partial charge in [-0.25, -0.2) is 9.48 Å². The predicted octanol–water partition coefficient (Wildman–Crippen LogP) is 5.05. The number of carboxylic acid groups (broad SMARTS) is 1. The number of hydrogen-bond donors (Lipinski definition) is 1. The summed E-state index contributed by atoms with van der Waals surface area (Å²) in [6.07, 6.45) is -6.40. The number of ether oxygens (including phenoxy) is 1.